The Morgan fingerprint density at radius 1 is 1.23 bits per heavy atom. The summed E-state index contributed by atoms with van der Waals surface area (Å²) in [5, 5.41) is 0. The van der Waals surface area contributed by atoms with Crippen LogP contribution in [-0.2, 0) is 0 Å². The van der Waals surface area contributed by atoms with Gasteiger partial charge in [0.2, 0.25) is 0 Å². The molecule has 2 aliphatic carbocycles. The number of hydrogen-bond donors (Lipinski definition) is 0. The normalized spacial score (nSPS) is 32.5. The monoisotopic (exact) mass is 234 g/mol. The van der Waals surface area contributed by atoms with Crippen LogP contribution >= 0.6 is 15.9 Å². The van der Waals surface area contributed by atoms with E-state index < -0.39 is 0 Å². The van der Waals surface area contributed by atoms with Crippen molar-refractivity contribution < 1.29 is 0 Å². The molecule has 0 spiro atoms. The third kappa shape index (κ3) is 0.969. The molecule has 2 bridgehead atoms. The van der Waals surface area contributed by atoms with Gasteiger partial charge in [-0.3, -0.25) is 0 Å². The van der Waals surface area contributed by atoms with Gasteiger partial charge in [-0.2, -0.15) is 0 Å². The molecule has 66 valence electrons. The van der Waals surface area contributed by atoms with Crippen molar-refractivity contribution in [3.8, 4) is 0 Å². The van der Waals surface area contributed by atoms with Gasteiger partial charge >= 0.3 is 0 Å². The molecule has 0 unspecified atom stereocenters. The van der Waals surface area contributed by atoms with E-state index in [9.17, 15) is 0 Å². The van der Waals surface area contributed by atoms with Crippen LogP contribution in [0.15, 0.2) is 34.8 Å². The summed E-state index contributed by atoms with van der Waals surface area (Å²) in [5.74, 6) is 1.53. The average molecular weight is 235 g/mol. The van der Waals surface area contributed by atoms with E-state index in [1.165, 1.54) is 12.8 Å². The van der Waals surface area contributed by atoms with E-state index in [-0.39, 0.29) is 0 Å². The molecular weight excluding hydrogens is 224 g/mol. The van der Waals surface area contributed by atoms with Gasteiger partial charge in [-0.15, -0.1) is 0 Å². The zero-order valence-corrected chi connectivity index (χ0v) is 8.92. The zero-order valence-electron chi connectivity index (χ0n) is 7.33. The summed E-state index contributed by atoms with van der Waals surface area (Å²) in [5.41, 5.74) is 4.76. The molecule has 3 rings (SSSR count). The first-order chi connectivity index (χ1) is 6.40. The maximum absolute atomic E-state index is 3.47. The molecule has 2 aliphatic rings. The number of halogens is 1. The van der Waals surface area contributed by atoms with Gasteiger partial charge in [0.05, 0.1) is 0 Å². The molecule has 0 N–H and O–H groups in total. The second kappa shape index (κ2) is 2.71. The third-order valence-electron chi connectivity index (χ3n) is 3.40. The standard InChI is InChI=1S/C12H11Br/c13-7-9-5-8-6-12(9)11-4-2-1-3-10(8)11/h1-4,7-8,12H,5-6H2/b9-7+/t8-,12-/m1/s1. The Morgan fingerprint density at radius 3 is 2.77 bits per heavy atom. The van der Waals surface area contributed by atoms with Crippen LogP contribution in [0.3, 0.4) is 0 Å². The largest absolute Gasteiger partial charge is 0.0620 e. The van der Waals surface area contributed by atoms with E-state index in [1.54, 1.807) is 16.7 Å². The maximum atomic E-state index is 3.47. The molecule has 0 amide bonds. The van der Waals surface area contributed by atoms with E-state index in [0.29, 0.717) is 0 Å². The molecule has 1 heteroatoms. The lowest BCUT2D eigenvalue weighted by molar-refractivity contribution is 0.757. The Bertz CT molecular complexity index is 378. The highest BCUT2D eigenvalue weighted by molar-refractivity contribution is 9.11. The fraction of sp³-hybridized carbons (Fsp3) is 0.333. The lowest BCUT2D eigenvalue weighted by Crippen LogP contribution is -1.99. The van der Waals surface area contributed by atoms with Crippen molar-refractivity contribution in [2.24, 2.45) is 0 Å². The second-order valence-electron chi connectivity index (χ2n) is 4.00. The SMILES string of the molecule is Br/C=C1\C[C@@H]2C[C@H]1c1ccccc12. The fourth-order valence-corrected chi connectivity index (χ4v) is 3.34. The molecule has 0 heterocycles. The minimum Gasteiger partial charge on any atom is -0.0620 e. The molecule has 1 fully saturated rings. The minimum atomic E-state index is 0.723. The van der Waals surface area contributed by atoms with Crippen LogP contribution in [0.25, 0.3) is 0 Å². The van der Waals surface area contributed by atoms with Crippen LogP contribution in [0.2, 0.25) is 0 Å². The molecule has 2 atom stereocenters. The lowest BCUT2D eigenvalue weighted by atomic mass is 9.89. The highest BCUT2D eigenvalue weighted by Crippen LogP contribution is 2.55. The van der Waals surface area contributed by atoms with Crippen LogP contribution in [-0.4, -0.2) is 0 Å². The van der Waals surface area contributed by atoms with Gasteiger partial charge in [0.25, 0.3) is 0 Å². The predicted molar refractivity (Wildman–Crippen MR) is 58.2 cm³/mol. The Kier molecular flexibility index (Phi) is 1.63. The molecule has 13 heavy (non-hydrogen) atoms. The van der Waals surface area contributed by atoms with Crippen LogP contribution in [0.5, 0.6) is 0 Å². The van der Waals surface area contributed by atoms with Gasteiger partial charge in [-0.05, 0) is 34.9 Å². The molecule has 0 aliphatic heterocycles. The lowest BCUT2D eigenvalue weighted by Gasteiger charge is -2.16. The highest BCUT2D eigenvalue weighted by Gasteiger charge is 2.39. The number of allylic oxidation sites excluding steroid dienone is 1. The van der Waals surface area contributed by atoms with E-state index in [4.69, 9.17) is 0 Å². The second-order valence-corrected chi connectivity index (χ2v) is 4.46. The number of benzene rings is 1. The van der Waals surface area contributed by atoms with E-state index in [1.807, 2.05) is 0 Å². The average Bonchev–Trinajstić information content (AvgIpc) is 2.75. The van der Waals surface area contributed by atoms with Crippen molar-refractivity contribution in [1.29, 1.82) is 0 Å². The minimum absolute atomic E-state index is 0.723. The van der Waals surface area contributed by atoms with Crippen molar-refractivity contribution in [3.63, 3.8) is 0 Å². The van der Waals surface area contributed by atoms with Crippen LogP contribution < -0.4 is 0 Å². The summed E-state index contributed by atoms with van der Waals surface area (Å²) in [6.45, 7) is 0. The van der Waals surface area contributed by atoms with Crippen LogP contribution in [0.4, 0.5) is 0 Å². The predicted octanol–water partition coefficient (Wildman–Crippen LogP) is 3.94. The zero-order chi connectivity index (χ0) is 8.84. The molecule has 0 radical (unpaired) electrons. The fourth-order valence-electron chi connectivity index (χ4n) is 2.83. The van der Waals surface area contributed by atoms with Gasteiger partial charge in [0, 0.05) is 5.92 Å². The quantitative estimate of drug-likeness (QED) is 0.638. The maximum Gasteiger partial charge on any atom is 0.00654 e. The van der Waals surface area contributed by atoms with Crippen molar-refractivity contribution >= 4 is 15.9 Å². The van der Waals surface area contributed by atoms with Gasteiger partial charge in [-0.1, -0.05) is 45.8 Å². The molecule has 1 aromatic rings. The van der Waals surface area contributed by atoms with E-state index in [2.05, 4.69) is 45.2 Å². The van der Waals surface area contributed by atoms with Crippen molar-refractivity contribution in [2.75, 3.05) is 0 Å². The first kappa shape index (κ1) is 7.81. The summed E-state index contributed by atoms with van der Waals surface area (Å²) in [7, 11) is 0. The topological polar surface area (TPSA) is 0 Å². The molecule has 1 aromatic carbocycles. The van der Waals surface area contributed by atoms with Gasteiger partial charge < -0.3 is 0 Å². The summed E-state index contributed by atoms with van der Waals surface area (Å²) < 4.78 is 0. The van der Waals surface area contributed by atoms with Crippen molar-refractivity contribution in [1.82, 2.24) is 0 Å². The van der Waals surface area contributed by atoms with Gasteiger partial charge in [0.1, 0.15) is 0 Å². The van der Waals surface area contributed by atoms with Gasteiger partial charge in [-0.25, -0.2) is 0 Å². The summed E-state index contributed by atoms with van der Waals surface area (Å²) in [4.78, 5) is 2.13. The first-order valence-corrected chi connectivity index (χ1v) is 5.69. The molecular formula is C12H11Br. The first-order valence-electron chi connectivity index (χ1n) is 4.78. The Labute approximate surface area is 86.8 Å². The Hall–Kier alpha value is -0.560. The van der Waals surface area contributed by atoms with Gasteiger partial charge in [0.15, 0.2) is 0 Å². The van der Waals surface area contributed by atoms with E-state index >= 15 is 0 Å². The smallest absolute Gasteiger partial charge is 0.00654 e. The Morgan fingerprint density at radius 2 is 2.00 bits per heavy atom. The summed E-state index contributed by atoms with van der Waals surface area (Å²) in [6, 6.07) is 8.91. The number of rotatable bonds is 0. The van der Waals surface area contributed by atoms with Crippen molar-refractivity contribution in [2.45, 2.75) is 24.7 Å². The molecule has 0 nitrogen and oxygen atoms in total. The molecule has 0 saturated heterocycles. The van der Waals surface area contributed by atoms with Crippen molar-refractivity contribution in [3.05, 3.63) is 46.0 Å². The number of hydrogen-bond acceptors (Lipinski definition) is 0. The summed E-state index contributed by atoms with van der Waals surface area (Å²) >= 11 is 3.47. The molecule has 0 aromatic heterocycles. The number of fused-ring (bicyclic) bond motifs is 5. The Balaban J connectivity index is 2.17. The van der Waals surface area contributed by atoms with Crippen LogP contribution in [0.1, 0.15) is 35.8 Å². The molecule has 1 saturated carbocycles. The highest BCUT2D eigenvalue weighted by atomic mass is 79.9. The van der Waals surface area contributed by atoms with E-state index in [0.717, 1.165) is 11.8 Å². The summed E-state index contributed by atoms with van der Waals surface area (Å²) in [6.07, 6.45) is 2.61. The van der Waals surface area contributed by atoms with Crippen LogP contribution in [0, 0.1) is 0 Å². The third-order valence-corrected chi connectivity index (χ3v) is 3.99.